The summed E-state index contributed by atoms with van der Waals surface area (Å²) >= 11 is 6.11. The van der Waals surface area contributed by atoms with Crippen LogP contribution >= 0.6 is 11.6 Å². The van der Waals surface area contributed by atoms with Gasteiger partial charge in [-0.3, -0.25) is 0 Å². The molecule has 0 radical (unpaired) electrons. The number of ether oxygens (including phenoxy) is 1. The van der Waals surface area contributed by atoms with Crippen LogP contribution in [0.4, 0.5) is 11.6 Å². The third kappa shape index (κ3) is 3.00. The van der Waals surface area contributed by atoms with E-state index in [1.54, 1.807) is 6.20 Å². The number of anilines is 2. The zero-order chi connectivity index (χ0) is 15.5. The highest BCUT2D eigenvalue weighted by atomic mass is 35.5. The van der Waals surface area contributed by atoms with Gasteiger partial charge in [-0.25, -0.2) is 15.0 Å². The maximum atomic E-state index is 6.11. The molecule has 2 aromatic heterocycles. The van der Waals surface area contributed by atoms with Crippen molar-refractivity contribution < 1.29 is 4.74 Å². The number of nitrogens with one attached hydrogen (secondary N) is 1. The molecule has 118 valence electrons. The van der Waals surface area contributed by atoms with E-state index in [9.17, 15) is 0 Å². The van der Waals surface area contributed by atoms with E-state index < -0.39 is 0 Å². The summed E-state index contributed by atoms with van der Waals surface area (Å²) in [7, 11) is 1.98. The Balaban J connectivity index is 1.72. The van der Waals surface area contributed by atoms with E-state index in [-0.39, 0.29) is 11.9 Å². The lowest BCUT2D eigenvalue weighted by molar-refractivity contribution is -0.0305. The zero-order valence-corrected chi connectivity index (χ0v) is 13.1. The summed E-state index contributed by atoms with van der Waals surface area (Å²) in [5.41, 5.74) is 5.69. The fraction of sp³-hybridized carbons (Fsp3) is 0.500. The van der Waals surface area contributed by atoms with Gasteiger partial charge in [-0.15, -0.1) is 0 Å². The van der Waals surface area contributed by atoms with Crippen LogP contribution in [0.25, 0.3) is 0 Å². The molecule has 8 heteroatoms. The average Bonchev–Trinajstić information content (AvgIpc) is 2.95. The second kappa shape index (κ2) is 6.50. The maximum absolute atomic E-state index is 6.11. The summed E-state index contributed by atoms with van der Waals surface area (Å²) in [6, 6.07) is 0. The lowest BCUT2D eigenvalue weighted by Gasteiger charge is -2.31. The average molecular weight is 323 g/mol. The summed E-state index contributed by atoms with van der Waals surface area (Å²) in [4.78, 5) is 12.4. The molecule has 3 heterocycles. The SMILES string of the molecule is Cn1ccnc1[C@@H]1OCCC[C@H]1CNc1ncnc(N)c1Cl. The van der Waals surface area contributed by atoms with Crippen LogP contribution in [0.2, 0.25) is 5.02 Å². The molecule has 0 aromatic carbocycles. The van der Waals surface area contributed by atoms with Gasteiger partial charge in [-0.2, -0.15) is 0 Å². The van der Waals surface area contributed by atoms with Crippen LogP contribution < -0.4 is 11.1 Å². The first-order valence-electron chi connectivity index (χ1n) is 7.25. The number of hydrogen-bond acceptors (Lipinski definition) is 6. The van der Waals surface area contributed by atoms with E-state index in [4.69, 9.17) is 22.1 Å². The normalized spacial score (nSPS) is 21.7. The predicted molar refractivity (Wildman–Crippen MR) is 84.6 cm³/mol. The Bertz CT molecular complexity index is 646. The number of hydrogen-bond donors (Lipinski definition) is 2. The first-order valence-corrected chi connectivity index (χ1v) is 7.63. The quantitative estimate of drug-likeness (QED) is 0.895. The van der Waals surface area contributed by atoms with Gasteiger partial charge in [0.25, 0.3) is 0 Å². The Morgan fingerprint density at radius 1 is 1.45 bits per heavy atom. The molecule has 0 bridgehead atoms. The van der Waals surface area contributed by atoms with Gasteiger partial charge in [0.05, 0.1) is 0 Å². The van der Waals surface area contributed by atoms with E-state index in [2.05, 4.69) is 20.3 Å². The number of rotatable bonds is 4. The van der Waals surface area contributed by atoms with Gasteiger partial charge in [0.2, 0.25) is 0 Å². The molecular weight excluding hydrogens is 304 g/mol. The summed E-state index contributed by atoms with van der Waals surface area (Å²) in [6.45, 7) is 1.45. The Labute approximate surface area is 133 Å². The fourth-order valence-electron chi connectivity index (χ4n) is 2.72. The van der Waals surface area contributed by atoms with Crippen LogP contribution in [-0.2, 0) is 11.8 Å². The molecule has 0 saturated carbocycles. The molecule has 0 amide bonds. The molecule has 7 nitrogen and oxygen atoms in total. The highest BCUT2D eigenvalue weighted by Crippen LogP contribution is 2.33. The predicted octanol–water partition coefficient (Wildman–Crippen LogP) is 2.03. The van der Waals surface area contributed by atoms with Gasteiger partial charge in [0, 0.05) is 38.5 Å². The highest BCUT2D eigenvalue weighted by Gasteiger charge is 2.30. The molecule has 3 rings (SSSR count). The standard InChI is InChI=1S/C14H19ClN6O/c1-21-5-4-17-14(21)11-9(3-2-6-22-11)7-18-13-10(15)12(16)19-8-20-13/h4-5,8-9,11H,2-3,6-7H2,1H3,(H3,16,18,19,20)/t9-,11+/m0/s1. The number of nitrogens with two attached hydrogens (primary N) is 1. The molecule has 2 aromatic rings. The van der Waals surface area contributed by atoms with Gasteiger partial charge in [0.15, 0.2) is 0 Å². The van der Waals surface area contributed by atoms with Crippen molar-refractivity contribution in [2.45, 2.75) is 18.9 Å². The number of halogens is 1. The van der Waals surface area contributed by atoms with Gasteiger partial charge in [-0.05, 0) is 12.8 Å². The first kappa shape index (κ1) is 15.1. The van der Waals surface area contributed by atoms with E-state index in [1.807, 2.05) is 17.8 Å². The molecule has 3 N–H and O–H groups in total. The Hall–Kier alpha value is -1.86. The topological polar surface area (TPSA) is 90.9 Å². The second-order valence-corrected chi connectivity index (χ2v) is 5.77. The van der Waals surface area contributed by atoms with E-state index >= 15 is 0 Å². The molecule has 0 unspecified atom stereocenters. The minimum absolute atomic E-state index is 0.0285. The smallest absolute Gasteiger partial charge is 0.150 e. The maximum Gasteiger partial charge on any atom is 0.150 e. The van der Waals surface area contributed by atoms with Crippen molar-refractivity contribution in [3.8, 4) is 0 Å². The molecule has 0 spiro atoms. The first-order chi connectivity index (χ1) is 10.7. The minimum Gasteiger partial charge on any atom is -0.382 e. The number of imidazole rings is 1. The van der Waals surface area contributed by atoms with Crippen LogP contribution in [0.1, 0.15) is 24.8 Å². The lowest BCUT2D eigenvalue weighted by atomic mass is 9.93. The van der Waals surface area contributed by atoms with Crippen LogP contribution in [-0.4, -0.2) is 32.7 Å². The second-order valence-electron chi connectivity index (χ2n) is 5.39. The third-order valence-electron chi connectivity index (χ3n) is 3.91. The van der Waals surface area contributed by atoms with Crippen molar-refractivity contribution in [2.75, 3.05) is 24.2 Å². The zero-order valence-electron chi connectivity index (χ0n) is 12.4. The molecule has 1 aliphatic heterocycles. The van der Waals surface area contributed by atoms with Gasteiger partial charge < -0.3 is 20.4 Å². The number of aromatic nitrogens is 4. The van der Waals surface area contributed by atoms with Crippen molar-refractivity contribution in [2.24, 2.45) is 13.0 Å². The van der Waals surface area contributed by atoms with Gasteiger partial charge in [-0.1, -0.05) is 11.6 Å². The fourth-order valence-corrected chi connectivity index (χ4v) is 2.89. The van der Waals surface area contributed by atoms with Crippen molar-refractivity contribution in [3.05, 3.63) is 29.6 Å². The summed E-state index contributed by atoms with van der Waals surface area (Å²) in [6.07, 6.45) is 7.19. The molecule has 1 fully saturated rings. The summed E-state index contributed by atoms with van der Waals surface area (Å²) < 4.78 is 7.94. The van der Waals surface area contributed by atoms with Crippen molar-refractivity contribution in [1.29, 1.82) is 0 Å². The van der Waals surface area contributed by atoms with E-state index in [1.165, 1.54) is 6.33 Å². The van der Waals surface area contributed by atoms with Crippen molar-refractivity contribution in [1.82, 2.24) is 19.5 Å². The summed E-state index contributed by atoms with van der Waals surface area (Å²) in [5, 5.41) is 3.61. The largest absolute Gasteiger partial charge is 0.382 e. The minimum atomic E-state index is -0.0285. The molecule has 22 heavy (non-hydrogen) atoms. The number of nitrogens with zero attached hydrogens (tertiary/aromatic N) is 4. The molecule has 2 atom stereocenters. The van der Waals surface area contributed by atoms with Crippen molar-refractivity contribution >= 4 is 23.2 Å². The van der Waals surface area contributed by atoms with Crippen molar-refractivity contribution in [3.63, 3.8) is 0 Å². The lowest BCUT2D eigenvalue weighted by Crippen LogP contribution is -2.30. The summed E-state index contributed by atoms with van der Waals surface area (Å²) in [5.74, 6) is 2.07. The van der Waals surface area contributed by atoms with Gasteiger partial charge in [0.1, 0.15) is 34.9 Å². The van der Waals surface area contributed by atoms with Crippen LogP contribution in [0.15, 0.2) is 18.7 Å². The third-order valence-corrected chi connectivity index (χ3v) is 4.28. The highest BCUT2D eigenvalue weighted by molar-refractivity contribution is 6.35. The molecule has 1 aliphatic rings. The van der Waals surface area contributed by atoms with E-state index in [0.29, 0.717) is 23.3 Å². The Morgan fingerprint density at radius 3 is 3.09 bits per heavy atom. The van der Waals surface area contributed by atoms with Crippen LogP contribution in [0.3, 0.4) is 0 Å². The number of nitrogen functional groups attached to an aromatic ring is 1. The Kier molecular flexibility index (Phi) is 4.44. The molecule has 0 aliphatic carbocycles. The molecule has 1 saturated heterocycles. The monoisotopic (exact) mass is 322 g/mol. The Morgan fingerprint density at radius 2 is 2.32 bits per heavy atom. The number of aryl methyl sites for hydroxylation is 1. The van der Waals surface area contributed by atoms with E-state index in [0.717, 1.165) is 25.3 Å². The van der Waals surface area contributed by atoms with Crippen LogP contribution in [0, 0.1) is 5.92 Å². The molecular formula is C14H19ClN6O. The van der Waals surface area contributed by atoms with Gasteiger partial charge >= 0.3 is 0 Å². The van der Waals surface area contributed by atoms with Crippen LogP contribution in [0.5, 0.6) is 0 Å².